The van der Waals surface area contributed by atoms with Crippen molar-refractivity contribution in [2.24, 2.45) is 23.2 Å². The Hall–Kier alpha value is -1.36. The van der Waals surface area contributed by atoms with E-state index in [0.717, 1.165) is 0 Å². The summed E-state index contributed by atoms with van der Waals surface area (Å²) in [5.74, 6) is -1.05. The molecule has 0 aromatic heterocycles. The number of methoxy groups -OCH3 is 2. The summed E-state index contributed by atoms with van der Waals surface area (Å²) < 4.78 is 9.64. The van der Waals surface area contributed by atoms with Gasteiger partial charge in [-0.15, -0.1) is 0 Å². The van der Waals surface area contributed by atoms with Crippen LogP contribution in [0.4, 0.5) is 0 Å². The lowest BCUT2D eigenvalue weighted by molar-refractivity contribution is -0.205. The largest absolute Gasteiger partial charge is 0.469 e. The van der Waals surface area contributed by atoms with Crippen LogP contribution >= 0.6 is 0 Å². The highest BCUT2D eigenvalue weighted by atomic mass is 16.5. The topological polar surface area (TPSA) is 72.8 Å². The van der Waals surface area contributed by atoms with Crippen LogP contribution in [-0.2, 0) is 19.1 Å². The Morgan fingerprint density at radius 1 is 1.33 bits per heavy atom. The van der Waals surface area contributed by atoms with Gasteiger partial charge in [0.2, 0.25) is 0 Å². The van der Waals surface area contributed by atoms with E-state index in [1.807, 2.05) is 0 Å². The molecule has 0 aliphatic heterocycles. The Kier molecular flexibility index (Phi) is 2.32. The number of rotatable bonds is 2. The molecule has 0 spiro atoms. The minimum Gasteiger partial charge on any atom is -0.469 e. The summed E-state index contributed by atoms with van der Waals surface area (Å²) in [6.07, 6.45) is 2.51. The second-order valence-electron chi connectivity index (χ2n) is 5.47. The molecule has 98 valence electrons. The van der Waals surface area contributed by atoms with Crippen LogP contribution in [0.1, 0.15) is 12.8 Å². The Morgan fingerprint density at radius 2 is 2.06 bits per heavy atom. The number of hydrogen-bond acceptors (Lipinski definition) is 5. The number of esters is 2. The normalized spacial score (nSPS) is 43.8. The predicted octanol–water partition coefficient (Wildman–Crippen LogP) is 0.276. The molecule has 1 N–H and O–H groups in total. The van der Waals surface area contributed by atoms with Crippen molar-refractivity contribution in [3.05, 3.63) is 11.6 Å². The van der Waals surface area contributed by atoms with Crippen molar-refractivity contribution >= 4 is 11.9 Å². The Bertz CT molecular complexity index is 454. The lowest BCUT2D eigenvalue weighted by Crippen LogP contribution is -2.67. The van der Waals surface area contributed by atoms with Crippen molar-refractivity contribution in [1.29, 1.82) is 0 Å². The van der Waals surface area contributed by atoms with E-state index in [1.54, 1.807) is 6.08 Å². The van der Waals surface area contributed by atoms with E-state index in [4.69, 9.17) is 9.47 Å². The molecular formula is C13H16O5. The fraction of sp³-hybridized carbons (Fsp3) is 0.692. The zero-order valence-electron chi connectivity index (χ0n) is 10.4. The van der Waals surface area contributed by atoms with Gasteiger partial charge < -0.3 is 14.6 Å². The molecule has 3 saturated carbocycles. The Balaban J connectivity index is 2.01. The molecular weight excluding hydrogens is 236 g/mol. The van der Waals surface area contributed by atoms with Crippen LogP contribution in [0, 0.1) is 23.2 Å². The van der Waals surface area contributed by atoms with E-state index in [-0.39, 0.29) is 23.7 Å². The number of hydrogen-bond donors (Lipinski definition) is 1. The minimum absolute atomic E-state index is 0.0121. The third-order valence-electron chi connectivity index (χ3n) is 4.84. The van der Waals surface area contributed by atoms with Gasteiger partial charge in [0.25, 0.3) is 0 Å². The van der Waals surface area contributed by atoms with Gasteiger partial charge in [0.15, 0.2) is 0 Å². The highest BCUT2D eigenvalue weighted by molar-refractivity contribution is 5.93. The monoisotopic (exact) mass is 252 g/mol. The maximum absolute atomic E-state index is 12.0. The number of ether oxygens (including phenoxy) is 2. The van der Waals surface area contributed by atoms with Gasteiger partial charge in [-0.2, -0.15) is 0 Å². The lowest BCUT2D eigenvalue weighted by atomic mass is 9.39. The van der Waals surface area contributed by atoms with Crippen molar-refractivity contribution in [2.45, 2.75) is 18.9 Å². The molecule has 5 aliphatic rings. The number of carbonyl (C=O) groups is 2. The first kappa shape index (κ1) is 11.7. The number of aliphatic hydroxyl groups excluding tert-OH is 1. The summed E-state index contributed by atoms with van der Waals surface area (Å²) >= 11 is 0. The molecule has 3 fully saturated rings. The first-order valence-electron chi connectivity index (χ1n) is 6.11. The molecule has 5 nitrogen and oxygen atoms in total. The molecule has 0 amide bonds. The molecule has 0 saturated heterocycles. The molecule has 0 heterocycles. The van der Waals surface area contributed by atoms with Crippen LogP contribution < -0.4 is 0 Å². The van der Waals surface area contributed by atoms with Crippen LogP contribution in [0.15, 0.2) is 11.6 Å². The van der Waals surface area contributed by atoms with Crippen LogP contribution in [0.3, 0.4) is 0 Å². The van der Waals surface area contributed by atoms with Gasteiger partial charge in [0.1, 0.15) is 0 Å². The van der Waals surface area contributed by atoms with Crippen LogP contribution in [-0.4, -0.2) is 37.4 Å². The molecule has 5 rings (SSSR count). The second-order valence-corrected chi connectivity index (χ2v) is 5.47. The molecule has 4 bridgehead atoms. The Morgan fingerprint density at radius 3 is 2.61 bits per heavy atom. The number of aliphatic hydroxyl groups is 1. The average molecular weight is 252 g/mol. The molecule has 5 atom stereocenters. The van der Waals surface area contributed by atoms with E-state index in [1.165, 1.54) is 14.2 Å². The third kappa shape index (κ3) is 1.15. The van der Waals surface area contributed by atoms with Gasteiger partial charge in [-0.25, -0.2) is 4.79 Å². The molecule has 5 heteroatoms. The van der Waals surface area contributed by atoms with Crippen molar-refractivity contribution in [1.82, 2.24) is 0 Å². The van der Waals surface area contributed by atoms with Gasteiger partial charge in [-0.05, 0) is 18.8 Å². The third-order valence-corrected chi connectivity index (χ3v) is 4.84. The summed E-state index contributed by atoms with van der Waals surface area (Å²) in [4.78, 5) is 23.8. The van der Waals surface area contributed by atoms with Crippen molar-refractivity contribution in [3.63, 3.8) is 0 Å². The van der Waals surface area contributed by atoms with Gasteiger partial charge in [-0.3, -0.25) is 4.79 Å². The molecule has 0 aromatic rings. The van der Waals surface area contributed by atoms with Crippen molar-refractivity contribution in [2.75, 3.05) is 14.2 Å². The second kappa shape index (κ2) is 3.57. The summed E-state index contributed by atoms with van der Waals surface area (Å²) in [6.45, 7) is 0. The average Bonchev–Trinajstić information content (AvgIpc) is 2.36. The lowest BCUT2D eigenvalue weighted by Gasteiger charge is -2.64. The summed E-state index contributed by atoms with van der Waals surface area (Å²) in [5, 5.41) is 10.1. The van der Waals surface area contributed by atoms with Gasteiger partial charge in [0.05, 0.1) is 25.7 Å². The van der Waals surface area contributed by atoms with Crippen molar-refractivity contribution < 1.29 is 24.2 Å². The highest BCUT2D eigenvalue weighted by Crippen LogP contribution is 2.67. The van der Waals surface area contributed by atoms with E-state index in [2.05, 4.69) is 0 Å². The van der Waals surface area contributed by atoms with Crippen LogP contribution in [0.5, 0.6) is 0 Å². The summed E-state index contributed by atoms with van der Waals surface area (Å²) in [7, 11) is 2.70. The van der Waals surface area contributed by atoms with E-state index >= 15 is 0 Å². The van der Waals surface area contributed by atoms with Crippen molar-refractivity contribution in [3.8, 4) is 0 Å². The van der Waals surface area contributed by atoms with E-state index in [0.29, 0.717) is 18.4 Å². The fourth-order valence-corrected chi connectivity index (χ4v) is 4.13. The Labute approximate surface area is 105 Å². The smallest absolute Gasteiger partial charge is 0.333 e. The highest BCUT2D eigenvalue weighted by Gasteiger charge is 2.70. The number of carbonyl (C=O) groups excluding carboxylic acids is 2. The first-order valence-corrected chi connectivity index (χ1v) is 6.11. The quantitative estimate of drug-likeness (QED) is 0.714. The SMILES string of the molecule is COC(=O)C1=C[C@@H]2C[C@@]3(C(=O)OC)C[C@@H]([C@@H]2O)[C@@H]13. The van der Waals surface area contributed by atoms with Gasteiger partial charge in [0, 0.05) is 17.4 Å². The maximum Gasteiger partial charge on any atom is 0.333 e. The van der Waals surface area contributed by atoms with Crippen LogP contribution in [0.25, 0.3) is 0 Å². The first-order chi connectivity index (χ1) is 8.55. The maximum atomic E-state index is 12.0. The summed E-state index contributed by atoms with van der Waals surface area (Å²) in [6, 6.07) is 0. The summed E-state index contributed by atoms with van der Waals surface area (Å²) in [5.41, 5.74) is -0.0672. The molecule has 0 radical (unpaired) electrons. The fourth-order valence-electron chi connectivity index (χ4n) is 4.13. The molecule has 0 aromatic carbocycles. The molecule has 0 unspecified atom stereocenters. The zero-order valence-corrected chi connectivity index (χ0v) is 10.4. The molecule has 18 heavy (non-hydrogen) atoms. The van der Waals surface area contributed by atoms with Gasteiger partial charge in [-0.1, -0.05) is 6.08 Å². The zero-order chi connectivity index (χ0) is 13.1. The molecule has 5 aliphatic carbocycles. The van der Waals surface area contributed by atoms with E-state index in [9.17, 15) is 14.7 Å². The van der Waals surface area contributed by atoms with E-state index < -0.39 is 17.5 Å². The predicted molar refractivity (Wildman–Crippen MR) is 60.3 cm³/mol. The van der Waals surface area contributed by atoms with Crippen LogP contribution in [0.2, 0.25) is 0 Å². The standard InChI is InChI=1S/C13H16O5/c1-17-11(15)7-3-6-4-13(12(16)18-2)5-8(9(7)13)10(6)14/h3,6,8-10,14H,4-5H2,1-2H3/t6-,8-,9-,10-,13-/m1/s1. The minimum atomic E-state index is -0.610. The van der Waals surface area contributed by atoms with Gasteiger partial charge >= 0.3 is 11.9 Å².